The first kappa shape index (κ1) is 27.0. The summed E-state index contributed by atoms with van der Waals surface area (Å²) in [6.45, 7) is 8.04. The Kier molecular flexibility index (Phi) is 9.78. The second-order valence-corrected chi connectivity index (χ2v) is 9.23. The van der Waals surface area contributed by atoms with Gasteiger partial charge in [-0.15, -0.1) is 0 Å². The molecule has 0 bridgehead atoms. The molecule has 2 aromatic carbocycles. The van der Waals surface area contributed by atoms with Crippen molar-refractivity contribution in [1.82, 2.24) is 10.2 Å². The van der Waals surface area contributed by atoms with Crippen LogP contribution in [-0.2, 0) is 22.6 Å². The van der Waals surface area contributed by atoms with Crippen molar-refractivity contribution in [2.45, 2.75) is 65.1 Å². The van der Waals surface area contributed by atoms with Gasteiger partial charge in [0.15, 0.2) is 11.5 Å². The number of nitrogens with one attached hydrogen (secondary N) is 1. The summed E-state index contributed by atoms with van der Waals surface area (Å²) in [6.07, 6.45) is 1.29. The summed E-state index contributed by atoms with van der Waals surface area (Å²) in [5, 5.41) is 3.03. The van der Waals surface area contributed by atoms with Crippen LogP contribution in [0.3, 0.4) is 0 Å². The number of carbonyl (C=O) groups excluding carboxylic acids is 2. The number of benzene rings is 2. The molecule has 0 aromatic heterocycles. The van der Waals surface area contributed by atoms with E-state index in [1.54, 1.807) is 26.2 Å². The van der Waals surface area contributed by atoms with Gasteiger partial charge in [-0.2, -0.15) is 0 Å². The van der Waals surface area contributed by atoms with Crippen LogP contribution in [0.4, 0.5) is 0 Å². The summed E-state index contributed by atoms with van der Waals surface area (Å²) in [5.41, 5.74) is 1.47. The lowest BCUT2D eigenvalue weighted by Crippen LogP contribution is -2.53. The van der Waals surface area contributed by atoms with Gasteiger partial charge < -0.3 is 24.4 Å². The smallest absolute Gasteiger partial charge is 0.243 e. The second-order valence-electron chi connectivity index (χ2n) is 9.23. The molecule has 0 spiro atoms. The maximum Gasteiger partial charge on any atom is 0.243 e. The van der Waals surface area contributed by atoms with E-state index in [9.17, 15) is 9.59 Å². The van der Waals surface area contributed by atoms with Crippen molar-refractivity contribution in [2.75, 3.05) is 21.3 Å². The van der Waals surface area contributed by atoms with Crippen LogP contribution in [0.5, 0.6) is 17.2 Å². The first-order valence-electron chi connectivity index (χ1n) is 11.6. The number of ether oxygens (including phenoxy) is 3. The van der Waals surface area contributed by atoms with Crippen LogP contribution >= 0.6 is 0 Å². The molecule has 7 heteroatoms. The van der Waals surface area contributed by atoms with E-state index in [1.807, 2.05) is 70.2 Å². The predicted molar refractivity (Wildman–Crippen MR) is 133 cm³/mol. The highest BCUT2D eigenvalue weighted by atomic mass is 16.5. The first-order valence-corrected chi connectivity index (χ1v) is 11.6. The monoisotopic (exact) mass is 470 g/mol. The van der Waals surface area contributed by atoms with Gasteiger partial charge in [-0.25, -0.2) is 0 Å². The fourth-order valence-corrected chi connectivity index (χ4v) is 3.77. The van der Waals surface area contributed by atoms with Gasteiger partial charge in [0.05, 0.1) is 21.3 Å². The van der Waals surface area contributed by atoms with Crippen molar-refractivity contribution in [3.63, 3.8) is 0 Å². The molecule has 2 aromatic rings. The summed E-state index contributed by atoms with van der Waals surface area (Å²) in [4.78, 5) is 28.3. The number of hydrogen-bond donors (Lipinski definition) is 1. The van der Waals surface area contributed by atoms with Crippen LogP contribution < -0.4 is 19.5 Å². The molecule has 0 fully saturated rings. The first-order chi connectivity index (χ1) is 16.1. The molecule has 1 unspecified atom stereocenters. The van der Waals surface area contributed by atoms with Crippen molar-refractivity contribution in [3.8, 4) is 17.2 Å². The highest BCUT2D eigenvalue weighted by molar-refractivity contribution is 5.88. The number of hydrogen-bond acceptors (Lipinski definition) is 5. The average Bonchev–Trinajstić information content (AvgIpc) is 2.81. The van der Waals surface area contributed by atoms with E-state index >= 15 is 0 Å². The van der Waals surface area contributed by atoms with E-state index in [-0.39, 0.29) is 18.2 Å². The van der Waals surface area contributed by atoms with Gasteiger partial charge in [0.1, 0.15) is 11.8 Å². The lowest BCUT2D eigenvalue weighted by Gasteiger charge is -2.33. The number of aryl methyl sites for hydroxylation is 1. The Morgan fingerprint density at radius 3 is 2.24 bits per heavy atom. The molecule has 0 radical (unpaired) electrons. The lowest BCUT2D eigenvalue weighted by molar-refractivity contribution is -0.142. The molecular formula is C27H38N2O5. The summed E-state index contributed by atoms with van der Waals surface area (Å²) in [6, 6.07) is 12.6. The van der Waals surface area contributed by atoms with Gasteiger partial charge in [-0.05, 0) is 69.0 Å². The van der Waals surface area contributed by atoms with Crippen molar-refractivity contribution < 1.29 is 23.8 Å². The molecule has 2 amide bonds. The Bertz CT molecular complexity index is 968. The maximum atomic E-state index is 13.5. The van der Waals surface area contributed by atoms with Crippen LogP contribution in [0.25, 0.3) is 0 Å². The minimum Gasteiger partial charge on any atom is -0.497 e. The lowest BCUT2D eigenvalue weighted by atomic mass is 10.0. The summed E-state index contributed by atoms with van der Waals surface area (Å²) >= 11 is 0. The van der Waals surface area contributed by atoms with Gasteiger partial charge in [0.25, 0.3) is 0 Å². The zero-order chi connectivity index (χ0) is 25.3. The quantitative estimate of drug-likeness (QED) is 0.528. The number of methoxy groups -OCH3 is 3. The normalized spacial score (nSPS) is 12.0. The Morgan fingerprint density at radius 2 is 1.65 bits per heavy atom. The predicted octanol–water partition coefficient (Wildman–Crippen LogP) is 4.37. The highest BCUT2D eigenvalue weighted by Gasteiger charge is 2.30. The molecule has 7 nitrogen and oxygen atoms in total. The van der Waals surface area contributed by atoms with Crippen molar-refractivity contribution >= 4 is 11.8 Å². The number of nitrogens with zero attached hydrogens (tertiary/aromatic N) is 1. The molecule has 1 N–H and O–H groups in total. The molecule has 186 valence electrons. The van der Waals surface area contributed by atoms with Gasteiger partial charge in [0.2, 0.25) is 11.8 Å². The Morgan fingerprint density at radius 1 is 0.941 bits per heavy atom. The molecule has 34 heavy (non-hydrogen) atoms. The zero-order valence-electron chi connectivity index (χ0n) is 21.4. The highest BCUT2D eigenvalue weighted by Crippen LogP contribution is 2.28. The second kappa shape index (κ2) is 12.3. The van der Waals surface area contributed by atoms with Crippen molar-refractivity contribution in [2.24, 2.45) is 0 Å². The van der Waals surface area contributed by atoms with E-state index in [4.69, 9.17) is 14.2 Å². The Labute approximate surface area is 203 Å². The molecule has 0 aliphatic heterocycles. The number of carbonyl (C=O) groups is 2. The maximum absolute atomic E-state index is 13.5. The zero-order valence-corrected chi connectivity index (χ0v) is 21.4. The average molecular weight is 471 g/mol. The molecular weight excluding hydrogens is 432 g/mol. The third kappa shape index (κ3) is 7.68. The van der Waals surface area contributed by atoms with Crippen molar-refractivity contribution in [1.29, 1.82) is 0 Å². The van der Waals surface area contributed by atoms with Crippen LogP contribution in [0.2, 0.25) is 0 Å². The molecule has 0 heterocycles. The molecule has 1 atom stereocenters. The molecule has 0 aliphatic carbocycles. The summed E-state index contributed by atoms with van der Waals surface area (Å²) in [5.74, 6) is 1.73. The Balaban J connectivity index is 2.27. The topological polar surface area (TPSA) is 77.1 Å². The molecule has 2 rings (SSSR count). The van der Waals surface area contributed by atoms with E-state index in [1.165, 1.54) is 0 Å². The Hall–Kier alpha value is -3.22. The van der Waals surface area contributed by atoms with Gasteiger partial charge in [0, 0.05) is 18.5 Å². The van der Waals surface area contributed by atoms with Gasteiger partial charge >= 0.3 is 0 Å². The van der Waals surface area contributed by atoms with E-state index < -0.39 is 11.6 Å². The van der Waals surface area contributed by atoms with E-state index in [0.29, 0.717) is 36.6 Å². The van der Waals surface area contributed by atoms with Crippen LogP contribution in [0.1, 0.15) is 51.7 Å². The SMILES string of the molecule is CCC(C(=O)NC(C)(C)C)N(Cc1cccc(OC)c1)C(=O)CCc1ccc(OC)c(OC)c1. The third-order valence-electron chi connectivity index (χ3n) is 5.45. The largest absolute Gasteiger partial charge is 0.497 e. The molecule has 0 saturated heterocycles. The van der Waals surface area contributed by atoms with E-state index in [2.05, 4.69) is 5.32 Å². The number of rotatable bonds is 11. The van der Waals surface area contributed by atoms with E-state index in [0.717, 1.165) is 11.1 Å². The molecule has 0 saturated carbocycles. The van der Waals surface area contributed by atoms with Gasteiger partial charge in [-0.3, -0.25) is 9.59 Å². The summed E-state index contributed by atoms with van der Waals surface area (Å²) in [7, 11) is 4.78. The fourth-order valence-electron chi connectivity index (χ4n) is 3.77. The molecule has 0 aliphatic rings. The standard InChI is InChI=1S/C27H38N2O5/c1-8-22(26(31)28-27(2,3)4)29(18-20-10-9-11-21(16-20)32-5)25(30)15-13-19-12-14-23(33-6)24(17-19)34-7/h9-12,14,16-17,22H,8,13,15,18H2,1-7H3,(H,28,31). The fraction of sp³-hybridized carbons (Fsp3) is 0.481. The van der Waals surface area contributed by atoms with Crippen LogP contribution in [-0.4, -0.2) is 49.6 Å². The minimum absolute atomic E-state index is 0.0893. The third-order valence-corrected chi connectivity index (χ3v) is 5.45. The van der Waals surface area contributed by atoms with Gasteiger partial charge in [-0.1, -0.05) is 25.1 Å². The minimum atomic E-state index is -0.580. The summed E-state index contributed by atoms with van der Waals surface area (Å²) < 4.78 is 16.0. The van der Waals surface area contributed by atoms with Crippen LogP contribution in [0.15, 0.2) is 42.5 Å². The number of amides is 2. The van der Waals surface area contributed by atoms with Crippen molar-refractivity contribution in [3.05, 3.63) is 53.6 Å². The van der Waals surface area contributed by atoms with Crippen LogP contribution in [0, 0.1) is 0 Å².